The van der Waals surface area contributed by atoms with Crippen molar-refractivity contribution in [2.24, 2.45) is 5.92 Å². The summed E-state index contributed by atoms with van der Waals surface area (Å²) in [7, 11) is 0. The molecule has 4 nitrogen and oxygen atoms in total. The molecule has 0 aromatic carbocycles. The van der Waals surface area contributed by atoms with Gasteiger partial charge in [0.05, 0.1) is 0 Å². The van der Waals surface area contributed by atoms with Crippen molar-refractivity contribution in [1.29, 1.82) is 0 Å². The van der Waals surface area contributed by atoms with Gasteiger partial charge in [0, 0.05) is 18.9 Å². The van der Waals surface area contributed by atoms with Gasteiger partial charge in [-0.1, -0.05) is 43.4 Å². The van der Waals surface area contributed by atoms with Crippen LogP contribution in [0.15, 0.2) is 53.6 Å². The van der Waals surface area contributed by atoms with Crippen LogP contribution >= 0.6 is 0 Å². The maximum absolute atomic E-state index is 11.7. The molecule has 1 aromatic heterocycles. The van der Waals surface area contributed by atoms with Crippen LogP contribution in [0.1, 0.15) is 38.3 Å². The normalized spacial score (nSPS) is 20.1. The van der Waals surface area contributed by atoms with E-state index in [2.05, 4.69) is 52.7 Å². The number of nitrogens with one attached hydrogen (secondary N) is 1. The number of aromatic amines is 1. The average Bonchev–Trinajstić information content (AvgIpc) is 2.79. The lowest BCUT2D eigenvalue weighted by atomic mass is 9.92. The Morgan fingerprint density at radius 1 is 1.43 bits per heavy atom. The third-order valence-electron chi connectivity index (χ3n) is 4.29. The summed E-state index contributed by atoms with van der Waals surface area (Å²) >= 11 is 0. The Morgan fingerprint density at radius 3 is 3.09 bits per heavy atom. The van der Waals surface area contributed by atoms with E-state index in [4.69, 9.17) is 0 Å². The van der Waals surface area contributed by atoms with Crippen LogP contribution in [0.2, 0.25) is 0 Å². The first-order valence-corrected chi connectivity index (χ1v) is 8.47. The quantitative estimate of drug-likeness (QED) is 0.818. The number of hydrogen-bond donors (Lipinski definition) is 1. The molecule has 1 atom stereocenters. The molecule has 0 aliphatic carbocycles. The lowest BCUT2D eigenvalue weighted by Crippen LogP contribution is -2.28. The third-order valence-corrected chi connectivity index (χ3v) is 4.29. The monoisotopic (exact) mass is 313 g/mol. The summed E-state index contributed by atoms with van der Waals surface area (Å²) < 4.78 is 0. The maximum atomic E-state index is 11.7. The highest BCUT2D eigenvalue weighted by Gasteiger charge is 2.19. The van der Waals surface area contributed by atoms with Crippen LogP contribution in [0.5, 0.6) is 0 Å². The number of hydrogen-bond acceptors (Lipinski definition) is 3. The molecule has 1 N–H and O–H groups in total. The SMILES string of the molecule is C=C(/C=C\C=C/CC)C1CCCN(Cc2ncc[nH]c2=O)CC1. The number of H-pyrrole nitrogens is 1. The van der Waals surface area contributed by atoms with Crippen LogP contribution in [0.25, 0.3) is 0 Å². The third kappa shape index (κ3) is 5.64. The molecule has 0 bridgehead atoms. The first kappa shape index (κ1) is 17.4. The molecule has 2 rings (SSSR count). The molecule has 0 radical (unpaired) electrons. The molecule has 124 valence electrons. The zero-order chi connectivity index (χ0) is 16.5. The van der Waals surface area contributed by atoms with Gasteiger partial charge in [-0.2, -0.15) is 0 Å². The molecule has 1 unspecified atom stereocenters. The molecule has 4 heteroatoms. The summed E-state index contributed by atoms with van der Waals surface area (Å²) in [5.41, 5.74) is 1.74. The number of nitrogens with zero attached hydrogens (tertiary/aromatic N) is 2. The number of rotatable bonds is 6. The van der Waals surface area contributed by atoms with Gasteiger partial charge in [-0.3, -0.25) is 14.7 Å². The highest BCUT2D eigenvalue weighted by molar-refractivity contribution is 5.22. The van der Waals surface area contributed by atoms with E-state index >= 15 is 0 Å². The van der Waals surface area contributed by atoms with Crippen LogP contribution < -0.4 is 5.56 Å². The van der Waals surface area contributed by atoms with E-state index in [1.54, 1.807) is 12.4 Å². The topological polar surface area (TPSA) is 49.0 Å². The molecule has 2 heterocycles. The van der Waals surface area contributed by atoms with Crippen molar-refractivity contribution in [2.45, 2.75) is 39.2 Å². The van der Waals surface area contributed by atoms with Gasteiger partial charge in [0.15, 0.2) is 0 Å². The van der Waals surface area contributed by atoms with E-state index in [-0.39, 0.29) is 5.56 Å². The summed E-state index contributed by atoms with van der Waals surface area (Å²) in [6.07, 6.45) is 16.1. The molecule has 1 fully saturated rings. The zero-order valence-corrected chi connectivity index (χ0v) is 14.0. The minimum Gasteiger partial charge on any atom is -0.326 e. The van der Waals surface area contributed by atoms with E-state index in [1.807, 2.05) is 0 Å². The number of likely N-dealkylation sites (tertiary alicyclic amines) is 1. The zero-order valence-electron chi connectivity index (χ0n) is 14.0. The van der Waals surface area contributed by atoms with Gasteiger partial charge >= 0.3 is 0 Å². The van der Waals surface area contributed by atoms with E-state index in [9.17, 15) is 4.79 Å². The Bertz CT molecular complexity index is 615. The number of aromatic nitrogens is 2. The predicted molar refractivity (Wildman–Crippen MR) is 95.2 cm³/mol. The summed E-state index contributed by atoms with van der Waals surface area (Å²) in [6, 6.07) is 0. The number of allylic oxidation sites excluding steroid dienone is 5. The highest BCUT2D eigenvalue weighted by Crippen LogP contribution is 2.25. The van der Waals surface area contributed by atoms with Gasteiger partial charge in [-0.05, 0) is 44.7 Å². The van der Waals surface area contributed by atoms with Gasteiger partial charge in [-0.15, -0.1) is 0 Å². The standard InChI is InChI=1S/C19H27N3O/c1-3-4-5-6-8-16(2)17-9-7-13-22(14-10-17)15-18-19(23)21-12-11-20-18/h4-6,8,11-12,17H,2-3,7,9-10,13-15H2,1H3,(H,21,23)/b5-4-,8-6-. The van der Waals surface area contributed by atoms with Crippen LogP contribution in [-0.4, -0.2) is 28.0 Å². The second-order valence-electron chi connectivity index (χ2n) is 6.04. The molecule has 1 saturated heterocycles. The molecule has 0 spiro atoms. The fourth-order valence-electron chi connectivity index (χ4n) is 2.92. The minimum absolute atomic E-state index is 0.0802. The van der Waals surface area contributed by atoms with Gasteiger partial charge in [0.2, 0.25) is 0 Å². The van der Waals surface area contributed by atoms with Crippen molar-refractivity contribution in [3.05, 3.63) is 64.9 Å². The minimum atomic E-state index is -0.0802. The Kier molecular flexibility index (Phi) is 7.01. The van der Waals surface area contributed by atoms with Crippen LogP contribution in [-0.2, 0) is 6.54 Å². The van der Waals surface area contributed by atoms with Gasteiger partial charge < -0.3 is 4.98 Å². The van der Waals surface area contributed by atoms with Crippen molar-refractivity contribution in [3.8, 4) is 0 Å². The first-order chi connectivity index (χ1) is 11.2. The lowest BCUT2D eigenvalue weighted by molar-refractivity contribution is 0.270. The molecule has 1 aliphatic heterocycles. The molecular formula is C19H27N3O. The van der Waals surface area contributed by atoms with Gasteiger partial charge in [-0.25, -0.2) is 0 Å². The molecule has 1 aliphatic rings. The Hall–Kier alpha value is -1.94. The second kappa shape index (κ2) is 9.26. The maximum Gasteiger partial charge on any atom is 0.270 e. The first-order valence-electron chi connectivity index (χ1n) is 8.47. The van der Waals surface area contributed by atoms with Crippen molar-refractivity contribution >= 4 is 0 Å². The molecule has 23 heavy (non-hydrogen) atoms. The van der Waals surface area contributed by atoms with E-state index in [1.165, 1.54) is 5.57 Å². The van der Waals surface area contributed by atoms with Crippen molar-refractivity contribution in [2.75, 3.05) is 13.1 Å². The Morgan fingerprint density at radius 2 is 2.30 bits per heavy atom. The van der Waals surface area contributed by atoms with Crippen molar-refractivity contribution in [1.82, 2.24) is 14.9 Å². The van der Waals surface area contributed by atoms with Crippen molar-refractivity contribution < 1.29 is 0 Å². The lowest BCUT2D eigenvalue weighted by Gasteiger charge is -2.19. The summed E-state index contributed by atoms with van der Waals surface area (Å²) in [6.45, 7) is 8.99. The summed E-state index contributed by atoms with van der Waals surface area (Å²) in [5, 5.41) is 0. The second-order valence-corrected chi connectivity index (χ2v) is 6.04. The van der Waals surface area contributed by atoms with E-state index in [0.717, 1.165) is 38.8 Å². The van der Waals surface area contributed by atoms with Gasteiger partial charge in [0.25, 0.3) is 5.56 Å². The fraction of sp³-hybridized carbons (Fsp3) is 0.474. The van der Waals surface area contributed by atoms with Crippen LogP contribution in [0.4, 0.5) is 0 Å². The van der Waals surface area contributed by atoms with Gasteiger partial charge in [0.1, 0.15) is 5.69 Å². The van der Waals surface area contributed by atoms with Crippen molar-refractivity contribution in [3.63, 3.8) is 0 Å². The van der Waals surface area contributed by atoms with Crippen LogP contribution in [0.3, 0.4) is 0 Å². The average molecular weight is 313 g/mol. The smallest absolute Gasteiger partial charge is 0.270 e. The predicted octanol–water partition coefficient (Wildman–Crippen LogP) is 3.45. The Labute approximate surface area is 138 Å². The highest BCUT2D eigenvalue weighted by atomic mass is 16.1. The van der Waals surface area contributed by atoms with E-state index in [0.29, 0.717) is 18.2 Å². The molecule has 0 amide bonds. The fourth-order valence-corrected chi connectivity index (χ4v) is 2.92. The summed E-state index contributed by atoms with van der Waals surface area (Å²) in [5.74, 6) is 0.535. The summed E-state index contributed by atoms with van der Waals surface area (Å²) in [4.78, 5) is 21.0. The van der Waals surface area contributed by atoms with Crippen LogP contribution in [0, 0.1) is 5.92 Å². The molecular weight excluding hydrogens is 286 g/mol. The Balaban J connectivity index is 1.88. The molecule has 1 aromatic rings. The molecule has 0 saturated carbocycles. The van der Waals surface area contributed by atoms with E-state index < -0.39 is 0 Å². The largest absolute Gasteiger partial charge is 0.326 e.